The largest absolute Gasteiger partial charge is 0.493 e. The Morgan fingerprint density at radius 1 is 1.08 bits per heavy atom. The van der Waals surface area contributed by atoms with Gasteiger partial charge >= 0.3 is 0 Å². The SMILES string of the molecule is COc1cccc([C@H]2CC(=O)Nc3c2cnn3-c2nc3ccccc3s2)c1OCc1cccc(C)c1. The first-order chi connectivity index (χ1) is 17.6. The van der Waals surface area contributed by atoms with Crippen LogP contribution in [0.1, 0.15) is 34.6 Å². The van der Waals surface area contributed by atoms with Crippen molar-refractivity contribution in [2.24, 2.45) is 0 Å². The van der Waals surface area contributed by atoms with E-state index in [1.165, 1.54) is 16.9 Å². The predicted molar refractivity (Wildman–Crippen MR) is 140 cm³/mol. The molecule has 3 heterocycles. The lowest BCUT2D eigenvalue weighted by Gasteiger charge is -2.26. The Balaban J connectivity index is 1.40. The van der Waals surface area contributed by atoms with E-state index in [-0.39, 0.29) is 18.2 Å². The van der Waals surface area contributed by atoms with Crippen molar-refractivity contribution in [3.05, 3.63) is 95.2 Å². The number of thiazole rings is 1. The lowest BCUT2D eigenvalue weighted by molar-refractivity contribution is -0.116. The fraction of sp³-hybridized carbons (Fsp3) is 0.179. The number of amides is 1. The molecule has 8 heteroatoms. The number of fused-ring (bicyclic) bond motifs is 2. The molecule has 5 aromatic rings. The van der Waals surface area contributed by atoms with Gasteiger partial charge in [0.25, 0.3) is 0 Å². The molecule has 0 bridgehead atoms. The average molecular weight is 497 g/mol. The van der Waals surface area contributed by atoms with Gasteiger partial charge < -0.3 is 14.8 Å². The van der Waals surface area contributed by atoms with Crippen LogP contribution >= 0.6 is 11.3 Å². The highest BCUT2D eigenvalue weighted by molar-refractivity contribution is 7.20. The lowest BCUT2D eigenvalue weighted by atomic mass is 9.86. The summed E-state index contributed by atoms with van der Waals surface area (Å²) in [5.41, 5.74) is 4.95. The number of anilines is 1. The fourth-order valence-electron chi connectivity index (χ4n) is 4.67. The quantitative estimate of drug-likeness (QED) is 0.319. The molecule has 0 fully saturated rings. The fourth-order valence-corrected chi connectivity index (χ4v) is 5.60. The summed E-state index contributed by atoms with van der Waals surface area (Å²) in [7, 11) is 1.63. The number of para-hydroxylation sites is 2. The number of carbonyl (C=O) groups excluding carboxylic acids is 1. The first kappa shape index (κ1) is 22.3. The van der Waals surface area contributed by atoms with Crippen LogP contribution in [-0.2, 0) is 11.4 Å². The molecule has 36 heavy (non-hydrogen) atoms. The minimum Gasteiger partial charge on any atom is -0.493 e. The minimum atomic E-state index is -0.237. The molecule has 7 nitrogen and oxygen atoms in total. The topological polar surface area (TPSA) is 78.3 Å². The summed E-state index contributed by atoms with van der Waals surface area (Å²) < 4.78 is 14.8. The van der Waals surface area contributed by atoms with Crippen molar-refractivity contribution in [1.82, 2.24) is 14.8 Å². The number of nitrogens with one attached hydrogen (secondary N) is 1. The Hall–Kier alpha value is -4.17. The zero-order valence-corrected chi connectivity index (χ0v) is 20.7. The van der Waals surface area contributed by atoms with Gasteiger partial charge in [-0.2, -0.15) is 9.78 Å². The number of aryl methyl sites for hydroxylation is 1. The van der Waals surface area contributed by atoms with Crippen molar-refractivity contribution in [2.45, 2.75) is 25.9 Å². The number of aromatic nitrogens is 3. The van der Waals surface area contributed by atoms with Gasteiger partial charge in [-0.1, -0.05) is 65.4 Å². The first-order valence-electron chi connectivity index (χ1n) is 11.7. The van der Waals surface area contributed by atoms with E-state index in [0.29, 0.717) is 29.1 Å². The summed E-state index contributed by atoms with van der Waals surface area (Å²) in [5, 5.41) is 8.35. The number of benzene rings is 3. The maximum absolute atomic E-state index is 12.9. The van der Waals surface area contributed by atoms with Gasteiger partial charge in [0.2, 0.25) is 11.0 Å². The van der Waals surface area contributed by atoms with Crippen LogP contribution in [-0.4, -0.2) is 27.8 Å². The maximum atomic E-state index is 12.9. The highest BCUT2D eigenvalue weighted by Gasteiger charge is 2.33. The van der Waals surface area contributed by atoms with E-state index in [2.05, 4.69) is 29.5 Å². The van der Waals surface area contributed by atoms with Crippen molar-refractivity contribution in [3.63, 3.8) is 0 Å². The Morgan fingerprint density at radius 2 is 1.94 bits per heavy atom. The molecular weight excluding hydrogens is 472 g/mol. The number of ether oxygens (including phenoxy) is 2. The van der Waals surface area contributed by atoms with Gasteiger partial charge in [-0.05, 0) is 30.7 Å². The Labute approximate surface area is 212 Å². The standard InChI is InChI=1S/C28H24N4O3S/c1-17-7-5-8-18(13-17)16-35-26-19(9-6-11-23(26)34-2)20-14-25(33)31-27-21(20)15-29-32(27)28-30-22-10-3-4-12-24(22)36-28/h3-13,15,20H,14,16H2,1-2H3,(H,31,33)/t20-/m1/s1. The van der Waals surface area contributed by atoms with Gasteiger partial charge in [0.1, 0.15) is 12.4 Å². The van der Waals surface area contributed by atoms with Crippen LogP contribution in [0.4, 0.5) is 5.82 Å². The second-order valence-corrected chi connectivity index (χ2v) is 9.79. The van der Waals surface area contributed by atoms with E-state index < -0.39 is 0 Å². The Morgan fingerprint density at radius 3 is 2.78 bits per heavy atom. The van der Waals surface area contributed by atoms with Crippen molar-refractivity contribution < 1.29 is 14.3 Å². The highest BCUT2D eigenvalue weighted by atomic mass is 32.1. The number of methoxy groups -OCH3 is 1. The molecular formula is C28H24N4O3S. The van der Waals surface area contributed by atoms with Gasteiger partial charge in [-0.15, -0.1) is 0 Å². The number of hydrogen-bond acceptors (Lipinski definition) is 6. The van der Waals surface area contributed by atoms with Crippen LogP contribution in [0.3, 0.4) is 0 Å². The van der Waals surface area contributed by atoms with Gasteiger partial charge in [0.05, 0.1) is 23.5 Å². The minimum absolute atomic E-state index is 0.0807. The summed E-state index contributed by atoms with van der Waals surface area (Å²) in [6, 6.07) is 22.0. The monoisotopic (exact) mass is 496 g/mol. The third kappa shape index (κ3) is 3.99. The van der Waals surface area contributed by atoms with Gasteiger partial charge in [-0.3, -0.25) is 4.79 Å². The highest BCUT2D eigenvalue weighted by Crippen LogP contribution is 2.45. The molecule has 3 aromatic carbocycles. The first-order valence-corrected chi connectivity index (χ1v) is 12.5. The smallest absolute Gasteiger partial charge is 0.226 e. The van der Waals surface area contributed by atoms with E-state index >= 15 is 0 Å². The number of hydrogen-bond donors (Lipinski definition) is 1. The summed E-state index contributed by atoms with van der Waals surface area (Å²) in [6.07, 6.45) is 2.10. The molecule has 1 atom stereocenters. The third-order valence-corrected chi connectivity index (χ3v) is 7.37. The van der Waals surface area contributed by atoms with E-state index in [9.17, 15) is 4.79 Å². The van der Waals surface area contributed by atoms with Crippen molar-refractivity contribution in [3.8, 4) is 16.6 Å². The van der Waals surface area contributed by atoms with E-state index in [0.717, 1.165) is 26.9 Å². The van der Waals surface area contributed by atoms with Gasteiger partial charge in [0.15, 0.2) is 11.5 Å². The normalized spacial score (nSPS) is 14.9. The molecule has 0 unspecified atom stereocenters. The predicted octanol–water partition coefficient (Wildman–Crippen LogP) is 5.85. The number of carbonyl (C=O) groups is 1. The number of nitrogens with zero attached hydrogens (tertiary/aromatic N) is 3. The lowest BCUT2D eigenvalue weighted by Crippen LogP contribution is -2.25. The summed E-state index contributed by atoms with van der Waals surface area (Å²) in [6.45, 7) is 2.45. The van der Waals surface area contributed by atoms with Crippen molar-refractivity contribution >= 4 is 33.3 Å². The molecule has 0 radical (unpaired) electrons. The molecule has 1 N–H and O–H groups in total. The Bertz CT molecular complexity index is 1560. The molecule has 1 aliphatic rings. The van der Waals surface area contributed by atoms with Crippen molar-refractivity contribution in [2.75, 3.05) is 12.4 Å². The van der Waals surface area contributed by atoms with Crippen LogP contribution in [0.2, 0.25) is 0 Å². The third-order valence-electron chi connectivity index (χ3n) is 6.35. The molecule has 1 amide bonds. The molecule has 0 saturated carbocycles. The zero-order chi connectivity index (χ0) is 24.6. The zero-order valence-electron chi connectivity index (χ0n) is 19.9. The van der Waals surface area contributed by atoms with Crippen LogP contribution in [0.5, 0.6) is 11.5 Å². The van der Waals surface area contributed by atoms with Crippen LogP contribution < -0.4 is 14.8 Å². The molecule has 0 aliphatic carbocycles. The maximum Gasteiger partial charge on any atom is 0.226 e. The number of rotatable bonds is 6. The average Bonchev–Trinajstić information content (AvgIpc) is 3.50. The van der Waals surface area contributed by atoms with Crippen LogP contribution in [0.15, 0.2) is 72.9 Å². The molecule has 0 saturated heterocycles. The van der Waals surface area contributed by atoms with Crippen molar-refractivity contribution in [1.29, 1.82) is 0 Å². The summed E-state index contributed by atoms with van der Waals surface area (Å²) >= 11 is 1.54. The molecule has 2 aromatic heterocycles. The molecule has 1 aliphatic heterocycles. The molecule has 6 rings (SSSR count). The van der Waals surface area contributed by atoms with Gasteiger partial charge in [0, 0.05) is 23.5 Å². The summed E-state index contributed by atoms with van der Waals surface area (Å²) in [4.78, 5) is 17.6. The molecule has 0 spiro atoms. The van der Waals surface area contributed by atoms with Crippen LogP contribution in [0, 0.1) is 6.92 Å². The van der Waals surface area contributed by atoms with E-state index in [4.69, 9.17) is 14.5 Å². The van der Waals surface area contributed by atoms with Crippen LogP contribution in [0.25, 0.3) is 15.3 Å². The molecule has 180 valence electrons. The van der Waals surface area contributed by atoms with E-state index in [1.807, 2.05) is 60.8 Å². The Kier molecular flexibility index (Phi) is 5.65. The van der Waals surface area contributed by atoms with Gasteiger partial charge in [-0.25, -0.2) is 4.98 Å². The van der Waals surface area contributed by atoms with E-state index in [1.54, 1.807) is 11.8 Å². The second-order valence-electron chi connectivity index (χ2n) is 8.79. The second kappa shape index (κ2) is 9.13. The summed E-state index contributed by atoms with van der Waals surface area (Å²) in [5.74, 6) is 1.59.